The molecule has 2 fully saturated rings. The molecule has 2 aromatic rings. The van der Waals surface area contributed by atoms with Crippen molar-refractivity contribution in [3.8, 4) is 0 Å². The molecule has 124 valence electrons. The summed E-state index contributed by atoms with van der Waals surface area (Å²) in [6, 6.07) is 0.407. The van der Waals surface area contributed by atoms with Gasteiger partial charge in [-0.3, -0.25) is 4.90 Å². The molecule has 0 N–H and O–H groups in total. The first-order valence-corrected chi connectivity index (χ1v) is 9.66. The standard InChI is InChI=1S/C17H24N4OS/c1-12-11-23-17(18-12)14-8-4-5-9-21(14)10-15-19-16(20-22-15)13-6-2-3-7-13/h11,13-14H,2-10H2,1H3. The molecule has 2 aromatic heterocycles. The summed E-state index contributed by atoms with van der Waals surface area (Å²) >= 11 is 1.78. The van der Waals surface area contributed by atoms with E-state index in [1.807, 2.05) is 0 Å². The van der Waals surface area contributed by atoms with Gasteiger partial charge < -0.3 is 4.52 Å². The first-order valence-electron chi connectivity index (χ1n) is 8.78. The van der Waals surface area contributed by atoms with Crippen LogP contribution in [0.15, 0.2) is 9.90 Å². The summed E-state index contributed by atoms with van der Waals surface area (Å²) in [5.41, 5.74) is 1.12. The molecule has 1 unspecified atom stereocenters. The van der Waals surface area contributed by atoms with Gasteiger partial charge in [-0.1, -0.05) is 24.4 Å². The molecule has 0 radical (unpaired) electrons. The van der Waals surface area contributed by atoms with Crippen molar-refractivity contribution in [2.75, 3.05) is 6.54 Å². The molecule has 2 aliphatic rings. The Morgan fingerprint density at radius 3 is 2.78 bits per heavy atom. The molecular weight excluding hydrogens is 308 g/mol. The second-order valence-corrected chi connectivity index (χ2v) is 7.73. The third kappa shape index (κ3) is 3.33. The van der Waals surface area contributed by atoms with Crippen LogP contribution in [0.1, 0.15) is 79.3 Å². The number of piperidine rings is 1. The zero-order valence-corrected chi connectivity index (χ0v) is 14.5. The molecule has 3 heterocycles. The lowest BCUT2D eigenvalue weighted by molar-refractivity contribution is 0.123. The van der Waals surface area contributed by atoms with Crippen LogP contribution in [0.4, 0.5) is 0 Å². The lowest BCUT2D eigenvalue weighted by atomic mass is 10.0. The summed E-state index contributed by atoms with van der Waals surface area (Å²) in [5.74, 6) is 2.22. The molecule has 1 saturated carbocycles. The molecule has 1 saturated heterocycles. The van der Waals surface area contributed by atoms with Gasteiger partial charge in [-0.2, -0.15) is 4.98 Å². The van der Waals surface area contributed by atoms with E-state index in [0.717, 1.165) is 30.5 Å². The van der Waals surface area contributed by atoms with Gasteiger partial charge in [0.05, 0.1) is 12.6 Å². The zero-order valence-electron chi connectivity index (χ0n) is 13.7. The monoisotopic (exact) mass is 332 g/mol. The fraction of sp³-hybridized carbons (Fsp3) is 0.706. The minimum atomic E-state index is 0.407. The van der Waals surface area contributed by atoms with Crippen LogP contribution in [0, 0.1) is 6.92 Å². The minimum absolute atomic E-state index is 0.407. The fourth-order valence-corrected chi connectivity index (χ4v) is 4.81. The Bertz CT molecular complexity index is 647. The largest absolute Gasteiger partial charge is 0.338 e. The molecular formula is C17H24N4OS. The van der Waals surface area contributed by atoms with Crippen molar-refractivity contribution in [3.63, 3.8) is 0 Å². The lowest BCUT2D eigenvalue weighted by Crippen LogP contribution is -2.33. The van der Waals surface area contributed by atoms with Crippen molar-refractivity contribution >= 4 is 11.3 Å². The van der Waals surface area contributed by atoms with Crippen molar-refractivity contribution in [1.82, 2.24) is 20.0 Å². The Kier molecular flexibility index (Phi) is 4.44. The predicted molar refractivity (Wildman–Crippen MR) is 89.4 cm³/mol. The van der Waals surface area contributed by atoms with Gasteiger partial charge in [0.15, 0.2) is 5.82 Å². The molecule has 23 heavy (non-hydrogen) atoms. The fourth-order valence-electron chi connectivity index (χ4n) is 3.84. The van der Waals surface area contributed by atoms with E-state index in [2.05, 4.69) is 27.3 Å². The topological polar surface area (TPSA) is 55.1 Å². The maximum absolute atomic E-state index is 5.55. The second-order valence-electron chi connectivity index (χ2n) is 6.84. The van der Waals surface area contributed by atoms with Crippen LogP contribution < -0.4 is 0 Å². The summed E-state index contributed by atoms with van der Waals surface area (Å²) in [6.45, 7) is 3.91. The number of aromatic nitrogens is 3. The third-order valence-corrected chi connectivity index (χ3v) is 6.14. The first kappa shape index (κ1) is 15.3. The van der Waals surface area contributed by atoms with Gasteiger partial charge in [0.25, 0.3) is 0 Å². The zero-order chi connectivity index (χ0) is 15.6. The van der Waals surface area contributed by atoms with Crippen LogP contribution in [0.3, 0.4) is 0 Å². The van der Waals surface area contributed by atoms with Gasteiger partial charge in [0.1, 0.15) is 5.01 Å². The molecule has 0 aromatic carbocycles. The normalized spacial score (nSPS) is 23.6. The Labute approximate surface area is 141 Å². The molecule has 1 aliphatic heterocycles. The highest BCUT2D eigenvalue weighted by molar-refractivity contribution is 7.09. The molecule has 0 amide bonds. The summed E-state index contributed by atoms with van der Waals surface area (Å²) in [6.07, 6.45) is 8.71. The number of rotatable bonds is 4. The predicted octanol–water partition coefficient (Wildman–Crippen LogP) is 4.22. The van der Waals surface area contributed by atoms with Crippen molar-refractivity contribution < 1.29 is 4.52 Å². The van der Waals surface area contributed by atoms with Gasteiger partial charge in [0, 0.05) is 17.0 Å². The number of hydrogen-bond donors (Lipinski definition) is 0. The van der Waals surface area contributed by atoms with Crippen molar-refractivity contribution in [2.45, 2.75) is 70.4 Å². The van der Waals surface area contributed by atoms with Gasteiger partial charge in [0.2, 0.25) is 5.89 Å². The van der Waals surface area contributed by atoms with Gasteiger partial charge >= 0.3 is 0 Å². The van der Waals surface area contributed by atoms with E-state index in [-0.39, 0.29) is 0 Å². The Morgan fingerprint density at radius 2 is 2.00 bits per heavy atom. The van der Waals surface area contributed by atoms with Gasteiger partial charge in [-0.25, -0.2) is 4.98 Å². The van der Waals surface area contributed by atoms with E-state index in [4.69, 9.17) is 9.51 Å². The number of aryl methyl sites for hydroxylation is 1. The van der Waals surface area contributed by atoms with E-state index < -0.39 is 0 Å². The summed E-state index contributed by atoms with van der Waals surface area (Å²) in [7, 11) is 0. The van der Waals surface area contributed by atoms with E-state index in [0.29, 0.717) is 12.0 Å². The van der Waals surface area contributed by atoms with Crippen LogP contribution in [0.2, 0.25) is 0 Å². The minimum Gasteiger partial charge on any atom is -0.338 e. The Morgan fingerprint density at radius 1 is 1.17 bits per heavy atom. The smallest absolute Gasteiger partial charge is 0.240 e. The van der Waals surface area contributed by atoms with Crippen molar-refractivity contribution in [3.05, 3.63) is 27.8 Å². The maximum Gasteiger partial charge on any atom is 0.240 e. The molecule has 0 bridgehead atoms. The summed E-state index contributed by atoms with van der Waals surface area (Å²) in [4.78, 5) is 11.9. The Balaban J connectivity index is 1.47. The highest BCUT2D eigenvalue weighted by Crippen LogP contribution is 2.35. The molecule has 1 atom stereocenters. The number of hydrogen-bond acceptors (Lipinski definition) is 6. The average Bonchev–Trinajstić information content (AvgIpc) is 3.28. The molecule has 5 nitrogen and oxygen atoms in total. The van der Waals surface area contributed by atoms with Crippen LogP contribution in [0.5, 0.6) is 0 Å². The highest BCUT2D eigenvalue weighted by atomic mass is 32.1. The molecule has 0 spiro atoms. The highest BCUT2D eigenvalue weighted by Gasteiger charge is 2.28. The van der Waals surface area contributed by atoms with E-state index in [1.54, 1.807) is 11.3 Å². The maximum atomic E-state index is 5.55. The summed E-state index contributed by atoms with van der Waals surface area (Å²) < 4.78 is 5.55. The molecule has 6 heteroatoms. The lowest BCUT2D eigenvalue weighted by Gasteiger charge is -2.33. The number of nitrogens with zero attached hydrogens (tertiary/aromatic N) is 4. The second kappa shape index (κ2) is 6.69. The van der Waals surface area contributed by atoms with Crippen LogP contribution in [-0.2, 0) is 6.54 Å². The number of thiazole rings is 1. The SMILES string of the molecule is Cc1csc(C2CCCCN2Cc2nc(C3CCCC3)no2)n1. The van der Waals surface area contributed by atoms with Gasteiger partial charge in [-0.15, -0.1) is 11.3 Å². The van der Waals surface area contributed by atoms with Crippen molar-refractivity contribution in [2.24, 2.45) is 0 Å². The van der Waals surface area contributed by atoms with E-state index in [1.165, 1.54) is 50.0 Å². The molecule has 4 rings (SSSR count). The van der Waals surface area contributed by atoms with E-state index >= 15 is 0 Å². The van der Waals surface area contributed by atoms with Crippen LogP contribution in [-0.4, -0.2) is 26.6 Å². The van der Waals surface area contributed by atoms with Crippen LogP contribution in [0.25, 0.3) is 0 Å². The number of likely N-dealkylation sites (tertiary alicyclic amines) is 1. The van der Waals surface area contributed by atoms with Crippen molar-refractivity contribution in [1.29, 1.82) is 0 Å². The summed E-state index contributed by atoms with van der Waals surface area (Å²) in [5, 5.41) is 7.62. The Hall–Kier alpha value is -1.27. The third-order valence-electron chi connectivity index (χ3n) is 5.08. The quantitative estimate of drug-likeness (QED) is 0.839. The average molecular weight is 332 g/mol. The first-order chi connectivity index (χ1) is 11.3. The van der Waals surface area contributed by atoms with E-state index in [9.17, 15) is 0 Å². The molecule has 1 aliphatic carbocycles. The van der Waals surface area contributed by atoms with Gasteiger partial charge in [-0.05, 0) is 39.2 Å². The van der Waals surface area contributed by atoms with Crippen LogP contribution >= 0.6 is 11.3 Å².